The summed E-state index contributed by atoms with van der Waals surface area (Å²) in [5.74, 6) is -0.354. The lowest BCUT2D eigenvalue weighted by Crippen LogP contribution is -2.47. The Bertz CT molecular complexity index is 453. The lowest BCUT2D eigenvalue weighted by molar-refractivity contribution is 0.0863. The van der Waals surface area contributed by atoms with Gasteiger partial charge in [0.05, 0.1) is 12.6 Å². The zero-order valence-electron chi connectivity index (χ0n) is 10.8. The van der Waals surface area contributed by atoms with E-state index in [1.54, 1.807) is 6.07 Å². The molecule has 18 heavy (non-hydrogen) atoms. The number of methoxy groups -OCH3 is 1. The van der Waals surface area contributed by atoms with Crippen LogP contribution in [0.5, 0.6) is 5.75 Å². The SMILES string of the molecule is CCC1(C(=O)c2ccc(OC)c(F)c2)CCCN1. The Balaban J connectivity index is 2.31. The molecule has 0 bridgehead atoms. The summed E-state index contributed by atoms with van der Waals surface area (Å²) in [7, 11) is 1.41. The third-order valence-corrected chi connectivity index (χ3v) is 3.70. The Morgan fingerprint density at radius 1 is 1.56 bits per heavy atom. The summed E-state index contributed by atoms with van der Waals surface area (Å²) >= 11 is 0. The number of ketones is 1. The van der Waals surface area contributed by atoms with E-state index >= 15 is 0 Å². The number of nitrogens with one attached hydrogen (secondary N) is 1. The van der Waals surface area contributed by atoms with Gasteiger partial charge in [0.25, 0.3) is 0 Å². The summed E-state index contributed by atoms with van der Waals surface area (Å²) in [6.45, 7) is 2.83. The predicted octanol–water partition coefficient (Wildman–Crippen LogP) is 2.55. The molecule has 1 saturated heterocycles. The van der Waals surface area contributed by atoms with Crippen LogP contribution in [-0.4, -0.2) is 25.0 Å². The van der Waals surface area contributed by atoms with Crippen LogP contribution in [0.4, 0.5) is 4.39 Å². The number of rotatable bonds is 4. The highest BCUT2D eigenvalue weighted by Gasteiger charge is 2.39. The van der Waals surface area contributed by atoms with Crippen LogP contribution >= 0.6 is 0 Å². The minimum absolute atomic E-state index is 0.0240. The Kier molecular flexibility index (Phi) is 3.66. The molecule has 1 aromatic carbocycles. The average Bonchev–Trinajstić information content (AvgIpc) is 2.87. The summed E-state index contributed by atoms with van der Waals surface area (Å²) in [4.78, 5) is 12.5. The Morgan fingerprint density at radius 2 is 2.33 bits per heavy atom. The fourth-order valence-electron chi connectivity index (χ4n) is 2.55. The molecule has 3 nitrogen and oxygen atoms in total. The first-order chi connectivity index (χ1) is 8.63. The fourth-order valence-corrected chi connectivity index (χ4v) is 2.55. The normalized spacial score (nSPS) is 23.1. The van der Waals surface area contributed by atoms with Gasteiger partial charge in [0.15, 0.2) is 17.3 Å². The van der Waals surface area contributed by atoms with Crippen molar-refractivity contribution in [2.45, 2.75) is 31.7 Å². The number of ether oxygens (including phenoxy) is 1. The van der Waals surface area contributed by atoms with Crippen LogP contribution in [0.2, 0.25) is 0 Å². The van der Waals surface area contributed by atoms with E-state index in [0.29, 0.717) is 5.56 Å². The molecule has 1 aliphatic rings. The lowest BCUT2D eigenvalue weighted by atomic mass is 9.85. The molecule has 0 aliphatic carbocycles. The molecule has 0 radical (unpaired) electrons. The van der Waals surface area contributed by atoms with Crippen molar-refractivity contribution in [1.29, 1.82) is 0 Å². The van der Waals surface area contributed by atoms with Gasteiger partial charge in [0, 0.05) is 5.56 Å². The van der Waals surface area contributed by atoms with Gasteiger partial charge in [0.2, 0.25) is 0 Å². The molecule has 98 valence electrons. The molecule has 1 aliphatic heterocycles. The van der Waals surface area contributed by atoms with Crippen molar-refractivity contribution in [3.8, 4) is 5.75 Å². The van der Waals surface area contributed by atoms with Gasteiger partial charge in [-0.15, -0.1) is 0 Å². The molecular formula is C14H18FNO2. The second-order valence-electron chi connectivity index (χ2n) is 4.64. The number of hydrogen-bond donors (Lipinski definition) is 1. The van der Waals surface area contributed by atoms with Gasteiger partial charge >= 0.3 is 0 Å². The van der Waals surface area contributed by atoms with Gasteiger partial charge in [-0.2, -0.15) is 0 Å². The maximum absolute atomic E-state index is 13.6. The molecular weight excluding hydrogens is 233 g/mol. The van der Waals surface area contributed by atoms with Crippen molar-refractivity contribution in [2.75, 3.05) is 13.7 Å². The van der Waals surface area contributed by atoms with Crippen LogP contribution in [0.15, 0.2) is 18.2 Å². The van der Waals surface area contributed by atoms with Gasteiger partial charge in [-0.05, 0) is 44.0 Å². The van der Waals surface area contributed by atoms with E-state index in [-0.39, 0.29) is 11.5 Å². The quantitative estimate of drug-likeness (QED) is 0.836. The van der Waals surface area contributed by atoms with Crippen molar-refractivity contribution < 1.29 is 13.9 Å². The van der Waals surface area contributed by atoms with Gasteiger partial charge in [-0.25, -0.2) is 4.39 Å². The topological polar surface area (TPSA) is 38.3 Å². The molecule has 1 unspecified atom stereocenters. The largest absolute Gasteiger partial charge is 0.494 e. The van der Waals surface area contributed by atoms with Crippen molar-refractivity contribution in [2.24, 2.45) is 0 Å². The predicted molar refractivity (Wildman–Crippen MR) is 67.5 cm³/mol. The second-order valence-corrected chi connectivity index (χ2v) is 4.64. The molecule has 1 heterocycles. The molecule has 0 spiro atoms. The van der Waals surface area contributed by atoms with Crippen LogP contribution in [0, 0.1) is 5.82 Å². The zero-order valence-corrected chi connectivity index (χ0v) is 10.8. The van der Waals surface area contributed by atoms with Crippen LogP contribution in [0.25, 0.3) is 0 Å². The van der Waals surface area contributed by atoms with Gasteiger partial charge in [-0.3, -0.25) is 4.79 Å². The van der Waals surface area contributed by atoms with E-state index < -0.39 is 11.4 Å². The Morgan fingerprint density at radius 3 is 2.83 bits per heavy atom. The molecule has 1 atom stereocenters. The first kappa shape index (κ1) is 13.0. The number of benzene rings is 1. The van der Waals surface area contributed by atoms with Crippen molar-refractivity contribution in [3.05, 3.63) is 29.6 Å². The van der Waals surface area contributed by atoms with Crippen LogP contribution in [-0.2, 0) is 0 Å². The highest BCUT2D eigenvalue weighted by Crippen LogP contribution is 2.28. The van der Waals surface area contributed by atoms with Gasteiger partial charge in [0.1, 0.15) is 0 Å². The summed E-state index contributed by atoms with van der Waals surface area (Å²) in [6, 6.07) is 4.39. The number of carbonyl (C=O) groups excluding carboxylic acids is 1. The van der Waals surface area contributed by atoms with E-state index in [1.165, 1.54) is 19.2 Å². The number of hydrogen-bond acceptors (Lipinski definition) is 3. The molecule has 1 aromatic rings. The summed E-state index contributed by atoms with van der Waals surface area (Å²) < 4.78 is 18.5. The summed E-state index contributed by atoms with van der Waals surface area (Å²) in [5.41, 5.74) is -0.106. The first-order valence-electron chi connectivity index (χ1n) is 6.26. The smallest absolute Gasteiger partial charge is 0.182 e. The minimum Gasteiger partial charge on any atom is -0.494 e. The number of halogens is 1. The zero-order chi connectivity index (χ0) is 13.2. The third kappa shape index (κ3) is 2.12. The molecule has 2 rings (SSSR count). The van der Waals surface area contributed by atoms with E-state index in [4.69, 9.17) is 4.74 Å². The van der Waals surface area contributed by atoms with E-state index in [0.717, 1.165) is 25.8 Å². The molecule has 0 amide bonds. The van der Waals surface area contributed by atoms with Crippen molar-refractivity contribution in [3.63, 3.8) is 0 Å². The van der Waals surface area contributed by atoms with Crippen molar-refractivity contribution >= 4 is 5.78 Å². The second kappa shape index (κ2) is 5.06. The number of carbonyl (C=O) groups is 1. The molecule has 0 aromatic heterocycles. The van der Waals surface area contributed by atoms with E-state index in [1.807, 2.05) is 6.92 Å². The van der Waals surface area contributed by atoms with Crippen LogP contribution in [0.3, 0.4) is 0 Å². The van der Waals surface area contributed by atoms with Crippen molar-refractivity contribution in [1.82, 2.24) is 5.32 Å². The summed E-state index contributed by atoms with van der Waals surface area (Å²) in [5, 5.41) is 3.26. The summed E-state index contributed by atoms with van der Waals surface area (Å²) in [6.07, 6.45) is 2.52. The monoisotopic (exact) mass is 251 g/mol. The standard InChI is InChI=1S/C14H18FNO2/c1-3-14(7-4-8-16-14)13(17)10-5-6-12(18-2)11(15)9-10/h5-6,9,16H,3-4,7-8H2,1-2H3. The number of Topliss-reactive ketones (excluding diaryl/α,β-unsaturated/α-hetero) is 1. The lowest BCUT2D eigenvalue weighted by Gasteiger charge is -2.26. The minimum atomic E-state index is -0.513. The Hall–Kier alpha value is -1.42. The maximum atomic E-state index is 13.6. The van der Waals surface area contributed by atoms with E-state index in [9.17, 15) is 9.18 Å². The van der Waals surface area contributed by atoms with E-state index in [2.05, 4.69) is 5.32 Å². The third-order valence-electron chi connectivity index (χ3n) is 3.70. The molecule has 1 fully saturated rings. The molecule has 0 saturated carbocycles. The first-order valence-corrected chi connectivity index (χ1v) is 6.26. The highest BCUT2D eigenvalue weighted by molar-refractivity contribution is 6.03. The van der Waals surface area contributed by atoms with Gasteiger partial charge < -0.3 is 10.1 Å². The Labute approximate surface area is 106 Å². The highest BCUT2D eigenvalue weighted by atomic mass is 19.1. The van der Waals surface area contributed by atoms with Crippen LogP contribution < -0.4 is 10.1 Å². The van der Waals surface area contributed by atoms with Crippen LogP contribution in [0.1, 0.15) is 36.5 Å². The molecule has 4 heteroatoms. The molecule has 1 N–H and O–H groups in total. The van der Waals surface area contributed by atoms with Gasteiger partial charge in [-0.1, -0.05) is 6.92 Å². The fraction of sp³-hybridized carbons (Fsp3) is 0.500. The average molecular weight is 251 g/mol. The maximum Gasteiger partial charge on any atom is 0.182 e.